The fraction of sp³-hybridized carbons (Fsp3) is 0.552. The summed E-state index contributed by atoms with van der Waals surface area (Å²) in [6.45, 7) is 0.857. The van der Waals surface area contributed by atoms with Gasteiger partial charge in [-0.2, -0.15) is 0 Å². The monoisotopic (exact) mass is 581 g/mol. The summed E-state index contributed by atoms with van der Waals surface area (Å²) in [7, 11) is 0. The van der Waals surface area contributed by atoms with Crippen LogP contribution in [0.15, 0.2) is 36.4 Å². The molecule has 8 atom stereocenters. The molecule has 0 aromatic heterocycles. The average molecular weight is 582 g/mol. The van der Waals surface area contributed by atoms with Crippen LogP contribution in [-0.4, -0.2) is 95.4 Å². The van der Waals surface area contributed by atoms with E-state index in [1.807, 2.05) is 0 Å². The first-order chi connectivity index (χ1) is 19.7. The Morgan fingerprint density at radius 2 is 1.54 bits per heavy atom. The molecule has 4 rings (SSSR count). The number of hydrogen-bond donors (Lipinski definition) is 5. The maximum atomic E-state index is 13.7. The highest BCUT2D eigenvalue weighted by Crippen LogP contribution is 2.31. The van der Waals surface area contributed by atoms with Crippen LogP contribution < -0.4 is 14.8 Å². The van der Waals surface area contributed by atoms with E-state index < -0.39 is 55.6 Å². The summed E-state index contributed by atoms with van der Waals surface area (Å²) in [5.74, 6) is 0.290. The van der Waals surface area contributed by atoms with Gasteiger partial charge in [-0.05, 0) is 80.1 Å². The van der Waals surface area contributed by atoms with Crippen LogP contribution in [0, 0.1) is 11.6 Å². The Hall–Kier alpha value is -2.71. The van der Waals surface area contributed by atoms with Crippen molar-refractivity contribution in [1.82, 2.24) is 5.32 Å². The van der Waals surface area contributed by atoms with Crippen molar-refractivity contribution >= 4 is 6.29 Å². The van der Waals surface area contributed by atoms with E-state index in [0.29, 0.717) is 49.0 Å². The summed E-state index contributed by atoms with van der Waals surface area (Å²) < 4.78 is 50.6. The Labute approximate surface area is 236 Å². The van der Waals surface area contributed by atoms with Crippen LogP contribution in [0.2, 0.25) is 0 Å². The predicted molar refractivity (Wildman–Crippen MR) is 142 cm³/mol. The molecule has 2 aliphatic rings. The second-order valence-corrected chi connectivity index (χ2v) is 10.4. The number of benzene rings is 2. The molecular weight excluding hydrogens is 544 g/mol. The number of hydrogen-bond acceptors (Lipinski definition) is 10. The molecule has 0 bridgehead atoms. The second kappa shape index (κ2) is 14.5. The second-order valence-electron chi connectivity index (χ2n) is 10.4. The molecule has 41 heavy (non-hydrogen) atoms. The number of carbonyl (C=O) groups excluding carboxylic acids is 1. The quantitative estimate of drug-likeness (QED) is 0.162. The third-order valence-corrected chi connectivity index (χ3v) is 7.29. The zero-order valence-corrected chi connectivity index (χ0v) is 22.7. The Morgan fingerprint density at radius 3 is 2.10 bits per heavy atom. The first-order valence-electron chi connectivity index (χ1n) is 13.7. The minimum absolute atomic E-state index is 0.109. The number of aryl methyl sites for hydroxylation is 2. The van der Waals surface area contributed by atoms with Crippen molar-refractivity contribution in [2.24, 2.45) is 0 Å². The molecule has 2 heterocycles. The number of rotatable bonds is 14. The molecule has 12 heteroatoms. The van der Waals surface area contributed by atoms with Crippen molar-refractivity contribution < 1.29 is 52.9 Å². The molecule has 0 amide bonds. The first kappa shape index (κ1) is 31.2. The molecule has 226 valence electrons. The maximum Gasteiger partial charge on any atom is 0.182 e. The number of fused-ring (bicyclic) bond motifs is 2. The maximum absolute atomic E-state index is 13.7. The molecule has 2 aromatic carbocycles. The van der Waals surface area contributed by atoms with Crippen LogP contribution in [0.3, 0.4) is 0 Å². The van der Waals surface area contributed by atoms with Gasteiger partial charge in [-0.1, -0.05) is 0 Å². The van der Waals surface area contributed by atoms with E-state index in [9.17, 15) is 34.0 Å². The lowest BCUT2D eigenvalue weighted by Gasteiger charge is -2.35. The number of aldehydes is 1. The van der Waals surface area contributed by atoms with E-state index in [2.05, 4.69) is 5.32 Å². The smallest absolute Gasteiger partial charge is 0.182 e. The fourth-order valence-corrected chi connectivity index (χ4v) is 5.02. The van der Waals surface area contributed by atoms with E-state index >= 15 is 0 Å². The van der Waals surface area contributed by atoms with Gasteiger partial charge in [-0.3, -0.25) is 0 Å². The number of ether oxygens (including phenoxy) is 4. The van der Waals surface area contributed by atoms with Crippen molar-refractivity contribution in [3.63, 3.8) is 0 Å². The molecule has 0 saturated carbocycles. The highest BCUT2D eigenvalue weighted by molar-refractivity contribution is 5.57. The summed E-state index contributed by atoms with van der Waals surface area (Å²) >= 11 is 0. The largest absolute Gasteiger partial charge is 0.487 e. The van der Waals surface area contributed by atoms with Gasteiger partial charge in [-0.25, -0.2) is 8.78 Å². The van der Waals surface area contributed by atoms with Crippen LogP contribution in [0.4, 0.5) is 8.78 Å². The summed E-state index contributed by atoms with van der Waals surface area (Å²) in [5.41, 5.74) is 1.45. The number of halogens is 2. The molecule has 8 unspecified atom stereocenters. The number of aliphatic hydroxyl groups is 4. The van der Waals surface area contributed by atoms with Crippen molar-refractivity contribution in [2.75, 3.05) is 19.7 Å². The lowest BCUT2D eigenvalue weighted by molar-refractivity contribution is -0.235. The number of nitrogens with one attached hydrogen (secondary N) is 1. The molecule has 0 saturated heterocycles. The number of aliphatic hydroxyl groups excluding tert-OH is 4. The molecule has 5 N–H and O–H groups in total. The molecule has 0 radical (unpaired) electrons. The third kappa shape index (κ3) is 8.19. The van der Waals surface area contributed by atoms with Gasteiger partial charge in [-0.15, -0.1) is 0 Å². The first-order valence-corrected chi connectivity index (χ1v) is 13.7. The van der Waals surface area contributed by atoms with Crippen molar-refractivity contribution in [1.29, 1.82) is 0 Å². The Bertz CT molecular complexity index is 1150. The van der Waals surface area contributed by atoms with Gasteiger partial charge in [0.25, 0.3) is 0 Å². The van der Waals surface area contributed by atoms with E-state index in [1.54, 1.807) is 6.07 Å². The SMILES string of the molecule is CC(O)C(O)C(C=O)OC(CO)OC(CNCC(O)C1CCc2cc(F)ccc2O1)C1CCc2cc(F)ccc2O1. The Kier molecular flexibility index (Phi) is 11.0. The van der Waals surface area contributed by atoms with Crippen LogP contribution in [0.25, 0.3) is 0 Å². The topological polar surface area (TPSA) is 147 Å². The van der Waals surface area contributed by atoms with Crippen LogP contribution in [0.1, 0.15) is 30.9 Å². The zero-order chi connectivity index (χ0) is 29.5. The normalized spacial score (nSPS) is 22.6. The van der Waals surface area contributed by atoms with Gasteiger partial charge in [0.15, 0.2) is 12.6 Å². The van der Waals surface area contributed by atoms with Crippen LogP contribution in [0.5, 0.6) is 11.5 Å². The standard InChI is InChI=1S/C29H37F2NO9/c1-16(35)29(37)27(14-33)41-28(15-34)40-26(25-7-3-18-11-20(31)5-9-23(18)39-25)13-32-12-21(36)24-6-2-17-10-19(30)4-8-22(17)38-24/h4-5,8-11,14,16,21,24-29,32,34-37H,2-3,6-7,12-13,15H2,1H3. The van der Waals surface area contributed by atoms with E-state index in [1.165, 1.54) is 37.3 Å². The van der Waals surface area contributed by atoms with Gasteiger partial charge >= 0.3 is 0 Å². The molecule has 0 fully saturated rings. The minimum atomic E-state index is -1.54. The highest BCUT2D eigenvalue weighted by atomic mass is 19.1. The van der Waals surface area contributed by atoms with Crippen LogP contribution >= 0.6 is 0 Å². The molecular formula is C29H37F2NO9. The molecule has 2 aliphatic heterocycles. The van der Waals surface area contributed by atoms with E-state index in [0.717, 1.165) is 5.56 Å². The number of carbonyl (C=O) groups is 1. The van der Waals surface area contributed by atoms with E-state index in [4.69, 9.17) is 18.9 Å². The third-order valence-electron chi connectivity index (χ3n) is 7.29. The lowest BCUT2D eigenvalue weighted by atomic mass is 9.98. The zero-order valence-electron chi connectivity index (χ0n) is 22.7. The van der Waals surface area contributed by atoms with Crippen molar-refractivity contribution in [3.8, 4) is 11.5 Å². The van der Waals surface area contributed by atoms with Gasteiger partial charge in [0.2, 0.25) is 0 Å². The molecule has 0 spiro atoms. The van der Waals surface area contributed by atoms with Crippen molar-refractivity contribution in [2.45, 2.75) is 81.6 Å². The minimum Gasteiger partial charge on any atom is -0.487 e. The van der Waals surface area contributed by atoms with E-state index in [-0.39, 0.29) is 24.7 Å². The summed E-state index contributed by atoms with van der Waals surface area (Å²) in [4.78, 5) is 11.5. The van der Waals surface area contributed by atoms with Crippen LogP contribution in [-0.2, 0) is 27.1 Å². The summed E-state index contributed by atoms with van der Waals surface area (Å²) in [5, 5.41) is 43.6. The molecule has 10 nitrogen and oxygen atoms in total. The van der Waals surface area contributed by atoms with Gasteiger partial charge in [0.1, 0.15) is 59.8 Å². The summed E-state index contributed by atoms with van der Waals surface area (Å²) in [6, 6.07) is 8.48. The van der Waals surface area contributed by atoms with Gasteiger partial charge in [0.05, 0.1) is 12.7 Å². The molecule has 0 aliphatic carbocycles. The fourth-order valence-electron chi connectivity index (χ4n) is 5.02. The molecule has 2 aromatic rings. The van der Waals surface area contributed by atoms with Gasteiger partial charge in [0, 0.05) is 13.1 Å². The summed E-state index contributed by atoms with van der Waals surface area (Å²) in [6.07, 6.45) is -6.09. The Balaban J connectivity index is 1.41. The Morgan fingerprint density at radius 1 is 0.951 bits per heavy atom. The lowest BCUT2D eigenvalue weighted by Crippen LogP contribution is -2.50. The average Bonchev–Trinajstić information content (AvgIpc) is 2.97. The highest BCUT2D eigenvalue weighted by Gasteiger charge is 2.34. The predicted octanol–water partition coefficient (Wildman–Crippen LogP) is 1.03. The van der Waals surface area contributed by atoms with Gasteiger partial charge < -0.3 is 49.5 Å². The van der Waals surface area contributed by atoms with Crippen molar-refractivity contribution in [3.05, 3.63) is 59.2 Å².